The van der Waals surface area contributed by atoms with E-state index in [-0.39, 0.29) is 0 Å². The molecule has 62 valence electrons. The summed E-state index contributed by atoms with van der Waals surface area (Å²) in [5, 5.41) is 2.06. The summed E-state index contributed by atoms with van der Waals surface area (Å²) in [6, 6.07) is 0. The fraction of sp³-hybridized carbons (Fsp3) is 0.625. The van der Waals surface area contributed by atoms with Gasteiger partial charge in [-0.3, -0.25) is 0 Å². The van der Waals surface area contributed by atoms with Crippen LogP contribution in [0.1, 0.15) is 25.3 Å². The van der Waals surface area contributed by atoms with Crippen LogP contribution in [-0.2, 0) is 6.42 Å². The van der Waals surface area contributed by atoms with E-state index in [1.807, 2.05) is 0 Å². The van der Waals surface area contributed by atoms with Gasteiger partial charge in [-0.2, -0.15) is 4.37 Å². The van der Waals surface area contributed by atoms with Gasteiger partial charge in [-0.05, 0) is 24.4 Å². The lowest BCUT2D eigenvalue weighted by Gasteiger charge is -1.98. The summed E-state index contributed by atoms with van der Waals surface area (Å²) in [7, 11) is 1.67. The average molecular weight is 171 g/mol. The maximum absolute atomic E-state index is 5.08. The second kappa shape index (κ2) is 4.34. The third kappa shape index (κ3) is 2.19. The molecule has 1 aromatic rings. The fourth-order valence-corrected chi connectivity index (χ4v) is 1.63. The minimum Gasteiger partial charge on any atom is -0.480 e. The first-order chi connectivity index (χ1) is 5.38. The van der Waals surface area contributed by atoms with Crippen LogP contribution < -0.4 is 4.74 Å². The Balaban J connectivity index is 2.54. The van der Waals surface area contributed by atoms with Gasteiger partial charge in [-0.15, -0.1) is 0 Å². The lowest BCUT2D eigenvalue weighted by Crippen LogP contribution is -1.88. The van der Waals surface area contributed by atoms with E-state index in [0.29, 0.717) is 0 Å². The normalized spacial score (nSPS) is 10.0. The summed E-state index contributed by atoms with van der Waals surface area (Å²) in [4.78, 5) is 0. The first-order valence-corrected chi connectivity index (χ1v) is 4.69. The fourth-order valence-electron chi connectivity index (χ4n) is 0.948. The Morgan fingerprint density at radius 3 is 3.09 bits per heavy atom. The molecule has 11 heavy (non-hydrogen) atoms. The van der Waals surface area contributed by atoms with E-state index in [1.165, 1.54) is 29.9 Å². The third-order valence-electron chi connectivity index (χ3n) is 1.60. The third-order valence-corrected chi connectivity index (χ3v) is 2.26. The Labute approximate surface area is 71.4 Å². The predicted octanol–water partition coefficient (Wildman–Crippen LogP) is 2.49. The summed E-state index contributed by atoms with van der Waals surface area (Å²) in [5.41, 5.74) is 1.25. The van der Waals surface area contributed by atoms with Crippen LogP contribution in [0.25, 0.3) is 0 Å². The molecule has 1 aromatic heterocycles. The zero-order valence-electron chi connectivity index (χ0n) is 6.96. The number of nitrogens with zero attached hydrogens (tertiary/aromatic N) is 1. The molecule has 0 aromatic carbocycles. The quantitative estimate of drug-likeness (QED) is 0.694. The van der Waals surface area contributed by atoms with E-state index < -0.39 is 0 Å². The molecule has 0 radical (unpaired) electrons. The van der Waals surface area contributed by atoms with Crippen molar-refractivity contribution in [1.29, 1.82) is 0 Å². The van der Waals surface area contributed by atoms with E-state index in [4.69, 9.17) is 4.74 Å². The SMILES string of the molecule is CCCCc1csnc1OC. The zero-order valence-corrected chi connectivity index (χ0v) is 7.78. The van der Waals surface area contributed by atoms with Crippen LogP contribution in [0, 0.1) is 0 Å². The van der Waals surface area contributed by atoms with Gasteiger partial charge >= 0.3 is 0 Å². The number of methoxy groups -OCH3 is 1. The number of ether oxygens (including phenoxy) is 1. The summed E-state index contributed by atoms with van der Waals surface area (Å²) in [5.74, 6) is 0.809. The van der Waals surface area contributed by atoms with Gasteiger partial charge in [0, 0.05) is 10.9 Å². The molecule has 0 aliphatic rings. The number of hydrogen-bond acceptors (Lipinski definition) is 3. The molecule has 0 amide bonds. The molecular weight excluding hydrogens is 158 g/mol. The highest BCUT2D eigenvalue weighted by atomic mass is 32.1. The highest BCUT2D eigenvalue weighted by Gasteiger charge is 2.03. The molecule has 0 unspecified atom stereocenters. The summed E-state index contributed by atoms with van der Waals surface area (Å²) in [6.45, 7) is 2.19. The summed E-state index contributed by atoms with van der Waals surface area (Å²) in [6.07, 6.45) is 3.53. The molecule has 2 nitrogen and oxygen atoms in total. The minimum absolute atomic E-state index is 0.809. The Bertz CT molecular complexity index is 210. The van der Waals surface area contributed by atoms with Gasteiger partial charge in [0.15, 0.2) is 0 Å². The molecule has 0 aliphatic heterocycles. The van der Waals surface area contributed by atoms with E-state index >= 15 is 0 Å². The lowest BCUT2D eigenvalue weighted by molar-refractivity contribution is 0.397. The van der Waals surface area contributed by atoms with E-state index in [0.717, 1.165) is 12.3 Å². The molecule has 0 saturated heterocycles. The van der Waals surface area contributed by atoms with Gasteiger partial charge in [0.05, 0.1) is 7.11 Å². The van der Waals surface area contributed by atoms with Crippen LogP contribution in [-0.4, -0.2) is 11.5 Å². The van der Waals surface area contributed by atoms with Crippen LogP contribution in [0.3, 0.4) is 0 Å². The first-order valence-electron chi connectivity index (χ1n) is 3.85. The monoisotopic (exact) mass is 171 g/mol. The predicted molar refractivity (Wildman–Crippen MR) is 47.3 cm³/mol. The maximum atomic E-state index is 5.08. The highest BCUT2D eigenvalue weighted by molar-refractivity contribution is 7.03. The molecule has 0 bridgehead atoms. The summed E-state index contributed by atoms with van der Waals surface area (Å²) < 4.78 is 9.19. The molecule has 3 heteroatoms. The van der Waals surface area contributed by atoms with Gasteiger partial charge in [0.25, 0.3) is 0 Å². The largest absolute Gasteiger partial charge is 0.480 e. The van der Waals surface area contributed by atoms with Gasteiger partial charge < -0.3 is 4.74 Å². The van der Waals surface area contributed by atoms with Gasteiger partial charge in [0.2, 0.25) is 5.88 Å². The number of aromatic nitrogens is 1. The Hall–Kier alpha value is -0.570. The van der Waals surface area contributed by atoms with Crippen LogP contribution in [0.15, 0.2) is 5.38 Å². The first kappa shape index (κ1) is 8.53. The zero-order chi connectivity index (χ0) is 8.10. The molecule has 0 atom stereocenters. The number of aryl methyl sites for hydroxylation is 1. The van der Waals surface area contributed by atoms with Crippen LogP contribution in [0.5, 0.6) is 5.88 Å². The molecule has 0 spiro atoms. The van der Waals surface area contributed by atoms with Crippen molar-refractivity contribution in [3.05, 3.63) is 10.9 Å². The summed E-state index contributed by atoms with van der Waals surface area (Å²) >= 11 is 1.47. The van der Waals surface area contributed by atoms with Crippen molar-refractivity contribution < 1.29 is 4.74 Å². The van der Waals surface area contributed by atoms with Gasteiger partial charge in [-0.1, -0.05) is 13.3 Å². The average Bonchev–Trinajstić information content (AvgIpc) is 2.47. The van der Waals surface area contributed by atoms with E-state index in [2.05, 4.69) is 16.7 Å². The van der Waals surface area contributed by atoms with Crippen molar-refractivity contribution in [3.63, 3.8) is 0 Å². The number of unbranched alkanes of at least 4 members (excludes halogenated alkanes) is 1. The second-order valence-corrected chi connectivity index (χ2v) is 3.08. The standard InChI is InChI=1S/C8H13NOS/c1-3-4-5-7-6-11-9-8(7)10-2/h6H,3-5H2,1-2H3. The highest BCUT2D eigenvalue weighted by Crippen LogP contribution is 2.20. The van der Waals surface area contributed by atoms with Crippen LogP contribution >= 0.6 is 11.5 Å². The number of rotatable bonds is 4. The Morgan fingerprint density at radius 2 is 2.45 bits per heavy atom. The molecular formula is C8H13NOS. The van der Waals surface area contributed by atoms with Gasteiger partial charge in [0.1, 0.15) is 0 Å². The molecule has 0 aliphatic carbocycles. The van der Waals surface area contributed by atoms with E-state index in [1.54, 1.807) is 7.11 Å². The van der Waals surface area contributed by atoms with Crippen LogP contribution in [0.2, 0.25) is 0 Å². The Kier molecular flexibility index (Phi) is 3.36. The van der Waals surface area contributed by atoms with Gasteiger partial charge in [-0.25, -0.2) is 0 Å². The molecule has 0 N–H and O–H groups in total. The molecule has 1 rings (SSSR count). The molecule has 1 heterocycles. The minimum atomic E-state index is 0.809. The number of hydrogen-bond donors (Lipinski definition) is 0. The van der Waals surface area contributed by atoms with E-state index in [9.17, 15) is 0 Å². The Morgan fingerprint density at radius 1 is 1.64 bits per heavy atom. The van der Waals surface area contributed by atoms with Crippen molar-refractivity contribution in [3.8, 4) is 5.88 Å². The van der Waals surface area contributed by atoms with Crippen molar-refractivity contribution in [2.24, 2.45) is 0 Å². The molecule has 0 fully saturated rings. The molecule has 0 saturated carbocycles. The van der Waals surface area contributed by atoms with Crippen LogP contribution in [0.4, 0.5) is 0 Å². The lowest BCUT2D eigenvalue weighted by atomic mass is 10.2. The van der Waals surface area contributed by atoms with Crippen molar-refractivity contribution >= 4 is 11.5 Å². The van der Waals surface area contributed by atoms with Crippen molar-refractivity contribution in [1.82, 2.24) is 4.37 Å². The topological polar surface area (TPSA) is 22.1 Å². The maximum Gasteiger partial charge on any atom is 0.228 e. The second-order valence-electron chi connectivity index (χ2n) is 2.45. The smallest absolute Gasteiger partial charge is 0.228 e. The van der Waals surface area contributed by atoms with Crippen molar-refractivity contribution in [2.75, 3.05) is 7.11 Å². The van der Waals surface area contributed by atoms with Crippen molar-refractivity contribution in [2.45, 2.75) is 26.2 Å².